The second-order valence-electron chi connectivity index (χ2n) is 14.0. The Balaban J connectivity index is 2.48. The van der Waals surface area contributed by atoms with Gasteiger partial charge in [0, 0.05) is 54.9 Å². The molecule has 11 nitrogen and oxygen atoms in total. The molecule has 4 N–H and O–H groups in total. The molecule has 0 aromatic carbocycles. The molecule has 12 unspecified atom stereocenters. The van der Waals surface area contributed by atoms with Crippen LogP contribution in [-0.4, -0.2) is 87.9 Å². The van der Waals surface area contributed by atoms with Crippen LogP contribution in [-0.2, 0) is 33.3 Å². The van der Waals surface area contributed by atoms with Gasteiger partial charge in [-0.1, -0.05) is 77.0 Å². The average Bonchev–Trinajstić information content (AvgIpc) is 3.04. The zero-order valence-corrected chi connectivity index (χ0v) is 30.7. The lowest BCUT2D eigenvalue weighted by molar-refractivity contribution is -0.323. The molecule has 2 heterocycles. The van der Waals surface area contributed by atoms with Gasteiger partial charge in [-0.3, -0.25) is 0 Å². The first-order valence-corrected chi connectivity index (χ1v) is 17.2. The quantitative estimate of drug-likeness (QED) is 0.189. The molecule has 0 spiro atoms. The van der Waals surface area contributed by atoms with Gasteiger partial charge in [0.15, 0.2) is 5.79 Å². The molecule has 12 atom stereocenters. The Labute approximate surface area is 291 Å². The van der Waals surface area contributed by atoms with Gasteiger partial charge in [-0.05, 0) is 45.6 Å². The molecule has 11 heteroatoms. The Hall–Kier alpha value is -3.09. The van der Waals surface area contributed by atoms with Crippen molar-refractivity contribution in [1.82, 2.24) is 0 Å². The summed E-state index contributed by atoms with van der Waals surface area (Å²) in [7, 11) is 1.48. The monoisotopic (exact) mass is 690 g/mol. The Morgan fingerprint density at radius 2 is 1.80 bits per heavy atom. The summed E-state index contributed by atoms with van der Waals surface area (Å²) in [5.74, 6) is -6.97. The Kier molecular flexibility index (Phi) is 16.1. The normalized spacial score (nSPS) is 38.1. The standard InChI is InChI=1S/C38H58O11/c1-11-29-26(7)31(47-33(41)16-15-32(39)40)20-38(45,49-29)28(9)35(43)27(8)36-30(46-10)14-12-13-21(2)17-23(4)34(42)24(5)18-22(3)19-25(6)37(44)48-36/h12-16,18-19,23-24,26-31,34-36,42-43,45H,11,17,20H2,1-10H3,(H,39,40)/b14-12+,16-15+,21-13+,22-18+,25-19+. The lowest BCUT2D eigenvalue weighted by atomic mass is 9.77. The number of hydrogen-bond acceptors (Lipinski definition) is 10. The fraction of sp³-hybridized carbons (Fsp3) is 0.658. The maximum absolute atomic E-state index is 13.5. The number of rotatable bonds is 9. The van der Waals surface area contributed by atoms with Crippen molar-refractivity contribution in [2.75, 3.05) is 7.11 Å². The third-order valence-corrected chi connectivity index (χ3v) is 9.91. The van der Waals surface area contributed by atoms with Gasteiger partial charge in [0.05, 0.1) is 18.3 Å². The number of esters is 2. The molecule has 49 heavy (non-hydrogen) atoms. The molecule has 0 bridgehead atoms. The molecule has 2 aliphatic rings. The molecule has 1 saturated heterocycles. The summed E-state index contributed by atoms with van der Waals surface area (Å²) in [6.07, 6.45) is 6.52. The van der Waals surface area contributed by atoms with Crippen molar-refractivity contribution < 1.29 is 53.8 Å². The van der Waals surface area contributed by atoms with Crippen LogP contribution in [0.3, 0.4) is 0 Å². The van der Waals surface area contributed by atoms with E-state index in [0.717, 1.165) is 17.2 Å². The van der Waals surface area contributed by atoms with Gasteiger partial charge in [-0.25, -0.2) is 14.4 Å². The van der Waals surface area contributed by atoms with Crippen molar-refractivity contribution in [2.45, 2.75) is 124 Å². The number of aliphatic hydroxyl groups excluding tert-OH is 2. The summed E-state index contributed by atoms with van der Waals surface area (Å²) in [4.78, 5) is 36.8. The van der Waals surface area contributed by atoms with Crippen LogP contribution in [0.5, 0.6) is 0 Å². The molecule has 0 aromatic heterocycles. The van der Waals surface area contributed by atoms with E-state index in [-0.39, 0.29) is 24.2 Å². The molecule has 0 aliphatic carbocycles. The van der Waals surface area contributed by atoms with Crippen LogP contribution in [0.2, 0.25) is 0 Å². The highest BCUT2D eigenvalue weighted by Crippen LogP contribution is 2.41. The smallest absolute Gasteiger partial charge is 0.334 e. The predicted molar refractivity (Wildman–Crippen MR) is 185 cm³/mol. The predicted octanol–water partition coefficient (Wildman–Crippen LogP) is 5.05. The SMILES string of the molecule is CCC1OC(O)(C(C)C(O)C(C)C2OC(=O)/C(C)=C/C(C)=C/C(C)C(O)C(C)C/C(C)=C/C=C/C2OC)CC(OC(=O)/C=C/C(=O)O)C1C. The number of carbonyl (C=O) groups is 3. The van der Waals surface area contributed by atoms with E-state index < -0.39 is 72.2 Å². The average molecular weight is 691 g/mol. The number of carbonyl (C=O) groups excluding carboxylic acids is 2. The molecule has 276 valence electrons. The zero-order chi connectivity index (χ0) is 37.2. The first kappa shape index (κ1) is 42.1. The van der Waals surface area contributed by atoms with Crippen molar-refractivity contribution in [2.24, 2.45) is 29.6 Å². The van der Waals surface area contributed by atoms with Crippen molar-refractivity contribution in [1.29, 1.82) is 0 Å². The van der Waals surface area contributed by atoms with Gasteiger partial charge in [-0.15, -0.1) is 0 Å². The lowest BCUT2D eigenvalue weighted by Gasteiger charge is -2.49. The van der Waals surface area contributed by atoms with Crippen LogP contribution in [0.25, 0.3) is 0 Å². The number of cyclic esters (lactones) is 1. The largest absolute Gasteiger partial charge is 0.478 e. The summed E-state index contributed by atoms with van der Waals surface area (Å²) < 4.78 is 23.6. The number of carboxylic acid groups (broad SMARTS) is 1. The summed E-state index contributed by atoms with van der Waals surface area (Å²) in [6.45, 7) is 16.4. The van der Waals surface area contributed by atoms with E-state index in [9.17, 15) is 29.7 Å². The number of aliphatic carboxylic acids is 1. The molecule has 0 saturated carbocycles. The van der Waals surface area contributed by atoms with Gasteiger partial charge in [-0.2, -0.15) is 0 Å². The maximum atomic E-state index is 13.5. The van der Waals surface area contributed by atoms with Gasteiger partial charge < -0.3 is 39.4 Å². The third-order valence-electron chi connectivity index (χ3n) is 9.91. The highest BCUT2D eigenvalue weighted by molar-refractivity contribution is 5.90. The zero-order valence-electron chi connectivity index (χ0n) is 30.7. The molecule has 2 aliphatic heterocycles. The minimum absolute atomic E-state index is 0.0123. The van der Waals surface area contributed by atoms with Crippen molar-refractivity contribution in [3.05, 3.63) is 59.3 Å². The summed E-state index contributed by atoms with van der Waals surface area (Å²) in [5, 5.41) is 43.5. The highest BCUT2D eigenvalue weighted by Gasteiger charge is 2.52. The number of carboxylic acids is 1. The van der Waals surface area contributed by atoms with Crippen LogP contribution in [0.1, 0.15) is 81.6 Å². The van der Waals surface area contributed by atoms with Crippen LogP contribution in [0.4, 0.5) is 0 Å². The van der Waals surface area contributed by atoms with Crippen LogP contribution in [0.15, 0.2) is 59.3 Å². The molecule has 0 radical (unpaired) electrons. The van der Waals surface area contributed by atoms with E-state index >= 15 is 0 Å². The van der Waals surface area contributed by atoms with E-state index in [0.29, 0.717) is 24.5 Å². The summed E-state index contributed by atoms with van der Waals surface area (Å²) >= 11 is 0. The molecule has 2 rings (SSSR count). The minimum Gasteiger partial charge on any atom is -0.478 e. The number of hydrogen-bond donors (Lipinski definition) is 4. The summed E-state index contributed by atoms with van der Waals surface area (Å²) in [6, 6.07) is 0. The number of methoxy groups -OCH3 is 1. The van der Waals surface area contributed by atoms with Crippen molar-refractivity contribution >= 4 is 17.9 Å². The van der Waals surface area contributed by atoms with Gasteiger partial charge >= 0.3 is 17.9 Å². The van der Waals surface area contributed by atoms with E-state index in [1.165, 1.54) is 7.11 Å². The van der Waals surface area contributed by atoms with Crippen LogP contribution < -0.4 is 0 Å². The minimum atomic E-state index is -1.95. The molecular formula is C38H58O11. The molecule has 0 amide bonds. The molecular weight excluding hydrogens is 632 g/mol. The van der Waals surface area contributed by atoms with E-state index in [2.05, 4.69) is 0 Å². The number of ether oxygens (including phenoxy) is 4. The van der Waals surface area contributed by atoms with E-state index in [4.69, 9.17) is 24.1 Å². The van der Waals surface area contributed by atoms with Gasteiger partial charge in [0.25, 0.3) is 0 Å². The lowest BCUT2D eigenvalue weighted by Crippen LogP contribution is -2.58. The topological polar surface area (TPSA) is 169 Å². The third kappa shape index (κ3) is 11.7. The second kappa shape index (κ2) is 18.8. The number of allylic oxidation sites excluding steroid dienone is 5. The Bertz CT molecular complexity index is 1300. The fourth-order valence-corrected chi connectivity index (χ4v) is 6.79. The first-order chi connectivity index (χ1) is 22.8. The van der Waals surface area contributed by atoms with Crippen LogP contribution in [0, 0.1) is 29.6 Å². The Morgan fingerprint density at radius 1 is 1.14 bits per heavy atom. The van der Waals surface area contributed by atoms with Gasteiger partial charge in [0.1, 0.15) is 18.3 Å². The fourth-order valence-electron chi connectivity index (χ4n) is 6.79. The molecule has 1 fully saturated rings. The highest BCUT2D eigenvalue weighted by atomic mass is 16.6. The number of aliphatic hydroxyl groups is 3. The second-order valence-corrected chi connectivity index (χ2v) is 14.0. The van der Waals surface area contributed by atoms with E-state index in [1.54, 1.807) is 39.0 Å². The van der Waals surface area contributed by atoms with Gasteiger partial charge in [0.2, 0.25) is 0 Å². The maximum Gasteiger partial charge on any atom is 0.334 e. The van der Waals surface area contributed by atoms with Crippen molar-refractivity contribution in [3.63, 3.8) is 0 Å². The van der Waals surface area contributed by atoms with Crippen molar-refractivity contribution in [3.8, 4) is 0 Å². The first-order valence-electron chi connectivity index (χ1n) is 17.2. The van der Waals surface area contributed by atoms with E-state index in [1.807, 2.05) is 53.7 Å². The molecule has 0 aromatic rings. The Morgan fingerprint density at radius 3 is 2.39 bits per heavy atom. The van der Waals surface area contributed by atoms with Crippen LogP contribution >= 0.6 is 0 Å². The summed E-state index contributed by atoms with van der Waals surface area (Å²) in [5.41, 5.74) is 2.15.